The molecule has 6 aromatic rings. The standard InChI is InChI=1S/C20H9N11/c21-10-15-23-18-29-19(24-16(11-22)26-29)31-20(30(18)27-15)25-17(28-31)14-8-6-13(7-9-14)12-4-2-1-3-5-12/h1-9H. The van der Waals surface area contributed by atoms with Crippen molar-refractivity contribution >= 4 is 17.3 Å². The van der Waals surface area contributed by atoms with Crippen LogP contribution < -0.4 is 0 Å². The fourth-order valence-electron chi connectivity index (χ4n) is 3.38. The Labute approximate surface area is 173 Å². The smallest absolute Gasteiger partial charge is 0.189 e. The third kappa shape index (κ3) is 2.44. The molecular weight excluding hydrogens is 394 g/mol. The van der Waals surface area contributed by atoms with E-state index in [9.17, 15) is 10.5 Å². The summed E-state index contributed by atoms with van der Waals surface area (Å²) in [7, 11) is 0. The first-order chi connectivity index (χ1) is 15.2. The van der Waals surface area contributed by atoms with Crippen LogP contribution in [0.4, 0.5) is 0 Å². The maximum absolute atomic E-state index is 9.21. The highest BCUT2D eigenvalue weighted by atomic mass is 15.5. The van der Waals surface area contributed by atoms with Crippen molar-refractivity contribution in [3.8, 4) is 34.7 Å². The van der Waals surface area contributed by atoms with Crippen LogP contribution in [0.5, 0.6) is 0 Å². The molecule has 31 heavy (non-hydrogen) atoms. The van der Waals surface area contributed by atoms with E-state index >= 15 is 0 Å². The quantitative estimate of drug-likeness (QED) is 0.427. The van der Waals surface area contributed by atoms with Gasteiger partial charge in [0.2, 0.25) is 0 Å². The molecule has 0 aliphatic heterocycles. The second kappa shape index (κ2) is 6.17. The minimum Gasteiger partial charge on any atom is -0.189 e. The zero-order chi connectivity index (χ0) is 20.9. The third-order valence-electron chi connectivity index (χ3n) is 4.79. The summed E-state index contributed by atoms with van der Waals surface area (Å²) in [5.74, 6) is 1.09. The molecule has 11 nitrogen and oxygen atoms in total. The molecule has 144 valence electrons. The monoisotopic (exact) mass is 403 g/mol. The number of nitrogens with zero attached hydrogens (tertiary/aromatic N) is 11. The number of hydrogen-bond acceptors (Lipinski definition) is 8. The molecule has 0 saturated heterocycles. The van der Waals surface area contributed by atoms with Crippen molar-refractivity contribution in [2.45, 2.75) is 0 Å². The molecule has 11 heteroatoms. The second-order valence-electron chi connectivity index (χ2n) is 6.61. The highest BCUT2D eigenvalue weighted by molar-refractivity contribution is 5.68. The molecule has 4 heterocycles. The van der Waals surface area contributed by atoms with Crippen molar-refractivity contribution in [3.63, 3.8) is 0 Å². The van der Waals surface area contributed by atoms with Gasteiger partial charge in [-0.05, 0) is 11.1 Å². The summed E-state index contributed by atoms with van der Waals surface area (Å²) in [6.07, 6.45) is 0. The molecule has 0 radical (unpaired) electrons. The highest BCUT2D eigenvalue weighted by Crippen LogP contribution is 2.24. The molecule has 6 rings (SSSR count). The number of aromatic nitrogens is 9. The van der Waals surface area contributed by atoms with E-state index in [-0.39, 0.29) is 23.2 Å². The predicted molar refractivity (Wildman–Crippen MR) is 106 cm³/mol. The highest BCUT2D eigenvalue weighted by Gasteiger charge is 2.20. The molecule has 0 fully saturated rings. The summed E-state index contributed by atoms with van der Waals surface area (Å²) in [5.41, 5.74) is 2.97. The first-order valence-electron chi connectivity index (χ1n) is 9.13. The van der Waals surface area contributed by atoms with Crippen molar-refractivity contribution in [2.24, 2.45) is 0 Å². The van der Waals surface area contributed by atoms with Crippen LogP contribution in [0.15, 0.2) is 54.6 Å². The maximum atomic E-state index is 9.21. The van der Waals surface area contributed by atoms with E-state index in [1.807, 2.05) is 66.7 Å². The molecule has 4 aromatic heterocycles. The van der Waals surface area contributed by atoms with Crippen molar-refractivity contribution < 1.29 is 0 Å². The van der Waals surface area contributed by atoms with Gasteiger partial charge in [-0.1, -0.05) is 54.6 Å². The molecule has 0 amide bonds. The second-order valence-corrected chi connectivity index (χ2v) is 6.61. The van der Waals surface area contributed by atoms with Crippen LogP contribution in [0, 0.1) is 22.7 Å². The van der Waals surface area contributed by atoms with E-state index in [1.165, 1.54) is 13.5 Å². The number of rotatable bonds is 2. The Kier molecular flexibility index (Phi) is 3.34. The van der Waals surface area contributed by atoms with Crippen LogP contribution in [-0.2, 0) is 0 Å². The van der Waals surface area contributed by atoms with E-state index in [1.54, 1.807) is 0 Å². The topological polar surface area (TPSA) is 138 Å². The number of fused-ring (bicyclic) bond motifs is 6. The maximum Gasteiger partial charge on any atom is 0.261 e. The lowest BCUT2D eigenvalue weighted by Crippen LogP contribution is -2.06. The molecule has 0 aliphatic rings. The van der Waals surface area contributed by atoms with Gasteiger partial charge in [-0.3, -0.25) is 0 Å². The largest absolute Gasteiger partial charge is 0.261 e. The van der Waals surface area contributed by atoms with Crippen LogP contribution in [0.25, 0.3) is 39.8 Å². The Balaban J connectivity index is 1.57. The van der Waals surface area contributed by atoms with Crippen LogP contribution in [-0.4, -0.2) is 43.8 Å². The van der Waals surface area contributed by atoms with Crippen molar-refractivity contribution in [2.75, 3.05) is 0 Å². The molecule has 0 saturated carbocycles. The minimum absolute atomic E-state index is 0.0554. The van der Waals surface area contributed by atoms with Gasteiger partial charge in [-0.15, -0.1) is 15.3 Å². The first-order valence-corrected chi connectivity index (χ1v) is 9.13. The zero-order valence-electron chi connectivity index (χ0n) is 15.6. The predicted octanol–water partition coefficient (Wildman–Crippen LogP) is 1.89. The zero-order valence-corrected chi connectivity index (χ0v) is 15.6. The fraction of sp³-hybridized carbons (Fsp3) is 0. The van der Waals surface area contributed by atoms with Gasteiger partial charge in [0, 0.05) is 5.56 Å². The van der Waals surface area contributed by atoms with Gasteiger partial charge < -0.3 is 0 Å². The summed E-state index contributed by atoms with van der Waals surface area (Å²) in [5, 5.41) is 31.2. The lowest BCUT2D eigenvalue weighted by molar-refractivity contribution is 0.814. The van der Waals surface area contributed by atoms with Crippen LogP contribution >= 0.6 is 0 Å². The van der Waals surface area contributed by atoms with Crippen molar-refractivity contribution in [1.82, 2.24) is 43.8 Å². The molecule has 0 atom stereocenters. The van der Waals surface area contributed by atoms with Crippen LogP contribution in [0.3, 0.4) is 0 Å². The SMILES string of the molecule is N#Cc1nc2n(n1)c1nc(C#N)nn1c1nc(-c3ccc(-c4ccccc4)cc3)nn21. The first kappa shape index (κ1) is 16.8. The summed E-state index contributed by atoms with van der Waals surface area (Å²) < 4.78 is 4.10. The lowest BCUT2D eigenvalue weighted by atomic mass is 10.0. The van der Waals surface area contributed by atoms with Crippen LogP contribution in [0.2, 0.25) is 0 Å². The Morgan fingerprint density at radius 2 is 1.03 bits per heavy atom. The molecule has 0 bridgehead atoms. The fourth-order valence-corrected chi connectivity index (χ4v) is 3.38. The Bertz CT molecular complexity index is 1600. The van der Waals surface area contributed by atoms with Gasteiger partial charge in [0.1, 0.15) is 12.1 Å². The van der Waals surface area contributed by atoms with Crippen molar-refractivity contribution in [1.29, 1.82) is 10.5 Å². The summed E-state index contributed by atoms with van der Waals surface area (Å²) in [6, 6.07) is 21.7. The number of nitriles is 2. The van der Waals surface area contributed by atoms with E-state index in [0.29, 0.717) is 11.6 Å². The molecular formula is C20H9N11. The van der Waals surface area contributed by atoms with E-state index < -0.39 is 0 Å². The minimum atomic E-state index is -0.0554. The number of hydrogen-bond donors (Lipinski definition) is 0. The summed E-state index contributed by atoms with van der Waals surface area (Å²) >= 11 is 0. The van der Waals surface area contributed by atoms with Crippen LogP contribution in [0.1, 0.15) is 11.6 Å². The Morgan fingerprint density at radius 1 is 0.548 bits per heavy atom. The molecule has 0 spiro atoms. The van der Waals surface area contributed by atoms with E-state index in [4.69, 9.17) is 0 Å². The normalized spacial score (nSPS) is 11.2. The summed E-state index contributed by atoms with van der Waals surface area (Å²) in [4.78, 5) is 12.9. The molecule has 2 aromatic carbocycles. The molecule has 0 N–H and O–H groups in total. The van der Waals surface area contributed by atoms with Gasteiger partial charge in [-0.25, -0.2) is 0 Å². The lowest BCUT2D eigenvalue weighted by Gasteiger charge is -2.02. The third-order valence-corrected chi connectivity index (χ3v) is 4.79. The summed E-state index contributed by atoms with van der Waals surface area (Å²) in [6.45, 7) is 0. The van der Waals surface area contributed by atoms with E-state index in [2.05, 4.69) is 30.2 Å². The Hall–Kier alpha value is -5.16. The van der Waals surface area contributed by atoms with E-state index in [0.717, 1.165) is 16.7 Å². The van der Waals surface area contributed by atoms with Gasteiger partial charge in [-0.2, -0.15) is 39.0 Å². The number of benzene rings is 2. The van der Waals surface area contributed by atoms with Gasteiger partial charge in [0.15, 0.2) is 5.82 Å². The Morgan fingerprint density at radius 3 is 1.61 bits per heavy atom. The van der Waals surface area contributed by atoms with Gasteiger partial charge >= 0.3 is 0 Å². The van der Waals surface area contributed by atoms with Crippen molar-refractivity contribution in [3.05, 3.63) is 66.2 Å². The van der Waals surface area contributed by atoms with Gasteiger partial charge in [0.25, 0.3) is 29.0 Å². The average Bonchev–Trinajstić information content (AvgIpc) is 3.55. The average molecular weight is 403 g/mol. The molecule has 0 aliphatic carbocycles. The molecule has 0 unspecified atom stereocenters. The van der Waals surface area contributed by atoms with Gasteiger partial charge in [0.05, 0.1) is 0 Å².